The van der Waals surface area contributed by atoms with Gasteiger partial charge in [0, 0.05) is 24.7 Å². The zero-order valence-electron chi connectivity index (χ0n) is 11.9. The summed E-state index contributed by atoms with van der Waals surface area (Å²) in [7, 11) is 0. The first kappa shape index (κ1) is 13.8. The number of carboxylic acids is 1. The van der Waals surface area contributed by atoms with Crippen molar-refractivity contribution in [3.8, 4) is 0 Å². The molecule has 3 aliphatic rings. The van der Waals surface area contributed by atoms with Crippen LogP contribution in [0, 0.1) is 5.92 Å². The van der Waals surface area contributed by atoms with Crippen LogP contribution in [0.1, 0.15) is 40.0 Å². The summed E-state index contributed by atoms with van der Waals surface area (Å²) in [5.41, 5.74) is 0.0543. The number of carbonyl (C=O) groups is 1. The Morgan fingerprint density at radius 1 is 1.33 bits per heavy atom. The van der Waals surface area contributed by atoms with Gasteiger partial charge in [-0.3, -0.25) is 9.69 Å². The van der Waals surface area contributed by atoms with E-state index in [0.717, 1.165) is 12.5 Å². The first-order valence-electron chi connectivity index (χ1n) is 7.09. The molecule has 0 saturated carbocycles. The van der Waals surface area contributed by atoms with Crippen LogP contribution in [0.4, 0.5) is 0 Å². The van der Waals surface area contributed by atoms with Crippen LogP contribution >= 0.6 is 0 Å². The molecule has 1 N–H and O–H groups in total. The van der Waals surface area contributed by atoms with Crippen molar-refractivity contribution in [2.24, 2.45) is 5.92 Å². The Morgan fingerprint density at radius 3 is 2.33 bits per heavy atom. The number of hydrogen-bond acceptors (Lipinski definition) is 3. The monoisotopic (exact) mass is 254 g/mol. The van der Waals surface area contributed by atoms with Gasteiger partial charge in [-0.2, -0.15) is 0 Å². The summed E-state index contributed by atoms with van der Waals surface area (Å²) in [5, 5.41) is 8.92. The lowest BCUT2D eigenvalue weighted by Crippen LogP contribution is -2.61. The minimum atomic E-state index is -0.689. The van der Waals surface area contributed by atoms with Crippen molar-refractivity contribution in [1.82, 2.24) is 9.80 Å². The average Bonchev–Trinajstić information content (AvgIpc) is 2.28. The molecule has 3 aliphatic heterocycles. The van der Waals surface area contributed by atoms with Crippen LogP contribution in [0.5, 0.6) is 0 Å². The van der Waals surface area contributed by atoms with Crippen molar-refractivity contribution < 1.29 is 9.90 Å². The van der Waals surface area contributed by atoms with Gasteiger partial charge in [0.05, 0.1) is 6.42 Å². The first-order chi connectivity index (χ1) is 8.38. The SMILES string of the molecule is CC(C)(C)N(CCC(=O)O)C1CN2CCC1CC2. The molecule has 0 spiro atoms. The number of hydrogen-bond donors (Lipinski definition) is 1. The Labute approximate surface area is 110 Å². The predicted molar refractivity (Wildman–Crippen MR) is 71.7 cm³/mol. The lowest BCUT2D eigenvalue weighted by atomic mass is 9.81. The largest absolute Gasteiger partial charge is 0.481 e. The van der Waals surface area contributed by atoms with Crippen LogP contribution in [0.2, 0.25) is 0 Å². The number of piperidine rings is 3. The summed E-state index contributed by atoms with van der Waals surface area (Å²) >= 11 is 0. The van der Waals surface area contributed by atoms with Gasteiger partial charge in [-0.05, 0) is 52.6 Å². The van der Waals surface area contributed by atoms with Crippen LogP contribution in [0.15, 0.2) is 0 Å². The normalized spacial score (nSPS) is 31.9. The van der Waals surface area contributed by atoms with E-state index in [1.807, 2.05) is 0 Å². The van der Waals surface area contributed by atoms with Crippen molar-refractivity contribution in [3.05, 3.63) is 0 Å². The highest BCUT2D eigenvalue weighted by Gasteiger charge is 2.40. The molecule has 1 unspecified atom stereocenters. The maximum atomic E-state index is 10.8. The zero-order chi connectivity index (χ0) is 13.3. The number of rotatable bonds is 4. The summed E-state index contributed by atoms with van der Waals surface area (Å²) < 4.78 is 0. The minimum absolute atomic E-state index is 0.0543. The molecule has 4 heteroatoms. The molecule has 3 saturated heterocycles. The van der Waals surface area contributed by atoms with E-state index in [4.69, 9.17) is 5.11 Å². The Kier molecular flexibility index (Phi) is 3.97. The van der Waals surface area contributed by atoms with Gasteiger partial charge in [-0.1, -0.05) is 0 Å². The summed E-state index contributed by atoms with van der Waals surface area (Å²) in [6, 6.07) is 0.548. The molecule has 0 amide bonds. The third-order valence-electron chi connectivity index (χ3n) is 4.45. The van der Waals surface area contributed by atoms with Gasteiger partial charge in [0.1, 0.15) is 0 Å². The standard InChI is InChI=1S/C14H26N2O2/c1-14(2,3)16(9-6-13(17)18)12-10-15-7-4-11(12)5-8-15/h11-12H,4-10H2,1-3H3,(H,17,18). The molecule has 1 atom stereocenters. The molecular formula is C14H26N2O2. The van der Waals surface area contributed by atoms with E-state index in [-0.39, 0.29) is 12.0 Å². The molecule has 0 aromatic rings. The fourth-order valence-corrected chi connectivity index (χ4v) is 3.50. The van der Waals surface area contributed by atoms with Gasteiger partial charge in [-0.25, -0.2) is 0 Å². The zero-order valence-corrected chi connectivity index (χ0v) is 11.9. The lowest BCUT2D eigenvalue weighted by molar-refractivity contribution is -0.138. The molecule has 3 heterocycles. The second kappa shape index (κ2) is 5.17. The van der Waals surface area contributed by atoms with Crippen molar-refractivity contribution in [2.75, 3.05) is 26.2 Å². The molecule has 2 bridgehead atoms. The fraction of sp³-hybridized carbons (Fsp3) is 0.929. The predicted octanol–water partition coefficient (Wildman–Crippen LogP) is 1.66. The van der Waals surface area contributed by atoms with Gasteiger partial charge in [-0.15, -0.1) is 0 Å². The van der Waals surface area contributed by atoms with Crippen LogP contribution in [-0.2, 0) is 4.79 Å². The molecule has 0 aromatic heterocycles. The smallest absolute Gasteiger partial charge is 0.304 e. The molecular weight excluding hydrogens is 228 g/mol. The first-order valence-corrected chi connectivity index (χ1v) is 7.09. The number of aliphatic carboxylic acids is 1. The van der Waals surface area contributed by atoms with Crippen LogP contribution in [0.3, 0.4) is 0 Å². The summed E-state index contributed by atoms with van der Waals surface area (Å²) in [5.74, 6) is 0.0774. The highest BCUT2D eigenvalue weighted by molar-refractivity contribution is 5.66. The van der Waals surface area contributed by atoms with Gasteiger partial charge in [0.25, 0.3) is 0 Å². The second-order valence-electron chi connectivity index (χ2n) is 6.71. The van der Waals surface area contributed by atoms with E-state index >= 15 is 0 Å². The van der Waals surface area contributed by atoms with Crippen molar-refractivity contribution in [3.63, 3.8) is 0 Å². The Balaban J connectivity index is 2.06. The van der Waals surface area contributed by atoms with E-state index in [0.29, 0.717) is 12.6 Å². The summed E-state index contributed by atoms with van der Waals surface area (Å²) in [6.45, 7) is 10.9. The van der Waals surface area contributed by atoms with Crippen LogP contribution in [-0.4, -0.2) is 58.6 Å². The molecule has 0 aliphatic carbocycles. The molecule has 0 radical (unpaired) electrons. The molecule has 0 aromatic carbocycles. The fourth-order valence-electron chi connectivity index (χ4n) is 3.50. The van der Waals surface area contributed by atoms with Crippen molar-refractivity contribution in [1.29, 1.82) is 0 Å². The number of nitrogens with zero attached hydrogens (tertiary/aromatic N) is 2. The number of fused-ring (bicyclic) bond motifs is 3. The Hall–Kier alpha value is -0.610. The topological polar surface area (TPSA) is 43.8 Å². The van der Waals surface area contributed by atoms with E-state index in [1.165, 1.54) is 25.9 Å². The third-order valence-corrected chi connectivity index (χ3v) is 4.45. The Bertz CT molecular complexity index is 303. The summed E-state index contributed by atoms with van der Waals surface area (Å²) in [6.07, 6.45) is 2.81. The molecule has 18 heavy (non-hydrogen) atoms. The molecule has 3 rings (SSSR count). The molecule has 3 fully saturated rings. The van der Waals surface area contributed by atoms with Crippen molar-refractivity contribution >= 4 is 5.97 Å². The molecule has 4 nitrogen and oxygen atoms in total. The summed E-state index contributed by atoms with van der Waals surface area (Å²) in [4.78, 5) is 15.8. The van der Waals surface area contributed by atoms with Gasteiger partial charge in [0.15, 0.2) is 0 Å². The average molecular weight is 254 g/mol. The minimum Gasteiger partial charge on any atom is -0.481 e. The highest BCUT2D eigenvalue weighted by atomic mass is 16.4. The van der Waals surface area contributed by atoms with Crippen LogP contribution < -0.4 is 0 Å². The van der Waals surface area contributed by atoms with Crippen molar-refractivity contribution in [2.45, 2.75) is 51.6 Å². The maximum Gasteiger partial charge on any atom is 0.304 e. The molecule has 104 valence electrons. The van der Waals surface area contributed by atoms with E-state index in [2.05, 4.69) is 30.6 Å². The maximum absolute atomic E-state index is 10.8. The van der Waals surface area contributed by atoms with Gasteiger partial charge < -0.3 is 10.0 Å². The third kappa shape index (κ3) is 3.04. The Morgan fingerprint density at radius 2 is 1.94 bits per heavy atom. The second-order valence-corrected chi connectivity index (χ2v) is 6.71. The van der Waals surface area contributed by atoms with E-state index < -0.39 is 5.97 Å². The quantitative estimate of drug-likeness (QED) is 0.828. The van der Waals surface area contributed by atoms with E-state index in [1.54, 1.807) is 0 Å². The highest BCUT2D eigenvalue weighted by Crippen LogP contribution is 2.34. The van der Waals surface area contributed by atoms with Crippen LogP contribution in [0.25, 0.3) is 0 Å². The number of carboxylic acid groups (broad SMARTS) is 1. The van der Waals surface area contributed by atoms with Gasteiger partial charge in [0.2, 0.25) is 0 Å². The van der Waals surface area contributed by atoms with Gasteiger partial charge >= 0.3 is 5.97 Å². The lowest BCUT2D eigenvalue weighted by Gasteiger charge is -2.53. The van der Waals surface area contributed by atoms with E-state index in [9.17, 15) is 4.79 Å².